The minimum Gasteiger partial charge on any atom is -0.492 e. The summed E-state index contributed by atoms with van der Waals surface area (Å²) in [5.41, 5.74) is 1.46. The third-order valence-electron chi connectivity index (χ3n) is 2.79. The van der Waals surface area contributed by atoms with Crippen LogP contribution in [0, 0.1) is 0 Å². The molecule has 0 spiro atoms. The molecule has 2 aromatic rings. The van der Waals surface area contributed by atoms with Crippen molar-refractivity contribution in [2.45, 2.75) is 19.9 Å². The van der Waals surface area contributed by atoms with Crippen molar-refractivity contribution < 1.29 is 4.74 Å². The van der Waals surface area contributed by atoms with Crippen LogP contribution in [0.1, 0.15) is 17.4 Å². The van der Waals surface area contributed by atoms with Crippen LogP contribution in [0.5, 0.6) is 5.75 Å². The maximum atomic E-state index is 5.62. The van der Waals surface area contributed by atoms with Gasteiger partial charge in [0.25, 0.3) is 0 Å². The molecule has 0 unspecified atom stereocenters. The first-order valence-electron chi connectivity index (χ1n) is 6.34. The number of benzene rings is 1. The van der Waals surface area contributed by atoms with E-state index in [1.807, 2.05) is 41.7 Å². The normalized spacial score (nSPS) is 10.5. The summed E-state index contributed by atoms with van der Waals surface area (Å²) in [6.07, 6.45) is 1.11. The lowest BCUT2D eigenvalue weighted by atomic mass is 10.2. The molecule has 96 valence electrons. The van der Waals surface area contributed by atoms with Crippen LogP contribution in [0.25, 0.3) is 0 Å². The van der Waals surface area contributed by atoms with Crippen molar-refractivity contribution in [3.05, 3.63) is 52.2 Å². The largest absolute Gasteiger partial charge is 0.492 e. The van der Waals surface area contributed by atoms with Gasteiger partial charge in [0.05, 0.1) is 0 Å². The Morgan fingerprint density at radius 3 is 2.78 bits per heavy atom. The highest BCUT2D eigenvalue weighted by atomic mass is 32.1. The monoisotopic (exact) mass is 261 g/mol. The van der Waals surface area contributed by atoms with Gasteiger partial charge in [-0.3, -0.25) is 0 Å². The molecule has 0 aliphatic rings. The quantitative estimate of drug-likeness (QED) is 0.770. The van der Waals surface area contributed by atoms with Crippen LogP contribution in [0.4, 0.5) is 0 Å². The summed E-state index contributed by atoms with van der Waals surface area (Å²) in [6, 6.07) is 12.1. The standard InChI is InChI=1S/C15H19NOS/c1-2-13-8-11-18-15(13)12-16-9-10-17-14-6-4-3-5-7-14/h3-8,11,16H,2,9-10,12H2,1H3. The number of ether oxygens (including phenoxy) is 1. The molecule has 2 rings (SSSR count). The van der Waals surface area contributed by atoms with Gasteiger partial charge in [-0.05, 0) is 35.6 Å². The minimum absolute atomic E-state index is 0.705. The van der Waals surface area contributed by atoms with Crippen molar-refractivity contribution in [1.29, 1.82) is 0 Å². The Labute approximate surface area is 113 Å². The van der Waals surface area contributed by atoms with Crippen molar-refractivity contribution in [1.82, 2.24) is 5.32 Å². The SMILES string of the molecule is CCc1ccsc1CNCCOc1ccccc1. The lowest BCUT2D eigenvalue weighted by Gasteiger charge is -2.07. The molecular weight excluding hydrogens is 242 g/mol. The lowest BCUT2D eigenvalue weighted by molar-refractivity contribution is 0.314. The molecule has 0 amide bonds. The van der Waals surface area contributed by atoms with Gasteiger partial charge in [0.1, 0.15) is 12.4 Å². The van der Waals surface area contributed by atoms with Crippen LogP contribution in [-0.4, -0.2) is 13.2 Å². The highest BCUT2D eigenvalue weighted by molar-refractivity contribution is 7.10. The summed E-state index contributed by atoms with van der Waals surface area (Å²) < 4.78 is 5.62. The van der Waals surface area contributed by atoms with Crippen LogP contribution in [0.15, 0.2) is 41.8 Å². The second-order valence-electron chi connectivity index (χ2n) is 4.06. The summed E-state index contributed by atoms with van der Waals surface area (Å²) in [6.45, 7) is 4.72. The summed E-state index contributed by atoms with van der Waals surface area (Å²) in [5.74, 6) is 0.935. The molecule has 1 heterocycles. The van der Waals surface area contributed by atoms with Gasteiger partial charge in [-0.15, -0.1) is 11.3 Å². The molecule has 1 N–H and O–H groups in total. The summed E-state index contributed by atoms with van der Waals surface area (Å²) >= 11 is 1.83. The van der Waals surface area contributed by atoms with Crippen molar-refractivity contribution >= 4 is 11.3 Å². The maximum absolute atomic E-state index is 5.62. The van der Waals surface area contributed by atoms with E-state index in [9.17, 15) is 0 Å². The number of hydrogen-bond acceptors (Lipinski definition) is 3. The van der Waals surface area contributed by atoms with Crippen molar-refractivity contribution in [2.75, 3.05) is 13.2 Å². The van der Waals surface area contributed by atoms with E-state index in [1.165, 1.54) is 10.4 Å². The first kappa shape index (κ1) is 13.1. The molecule has 0 bridgehead atoms. The van der Waals surface area contributed by atoms with Crippen molar-refractivity contribution in [3.8, 4) is 5.75 Å². The molecule has 0 saturated heterocycles. The molecule has 1 aromatic carbocycles. The van der Waals surface area contributed by atoms with E-state index in [0.717, 1.165) is 25.3 Å². The van der Waals surface area contributed by atoms with Gasteiger partial charge in [0, 0.05) is 18.0 Å². The number of aryl methyl sites for hydroxylation is 1. The molecule has 0 radical (unpaired) electrons. The molecular formula is C15H19NOS. The van der Waals surface area contributed by atoms with Gasteiger partial charge in [-0.2, -0.15) is 0 Å². The Balaban J connectivity index is 1.65. The zero-order valence-electron chi connectivity index (χ0n) is 10.7. The Kier molecular flexibility index (Phi) is 5.24. The number of nitrogens with one attached hydrogen (secondary N) is 1. The maximum Gasteiger partial charge on any atom is 0.119 e. The first-order chi connectivity index (χ1) is 8.90. The van der Waals surface area contributed by atoms with Gasteiger partial charge in [-0.25, -0.2) is 0 Å². The summed E-state index contributed by atoms with van der Waals surface area (Å²) in [7, 11) is 0. The van der Waals surface area contributed by atoms with Gasteiger partial charge in [0.2, 0.25) is 0 Å². The smallest absolute Gasteiger partial charge is 0.119 e. The minimum atomic E-state index is 0.705. The molecule has 3 heteroatoms. The highest BCUT2D eigenvalue weighted by Gasteiger charge is 2.01. The molecule has 0 saturated carbocycles. The van der Waals surface area contributed by atoms with Crippen LogP contribution in [0.2, 0.25) is 0 Å². The molecule has 2 nitrogen and oxygen atoms in total. The predicted octanol–water partition coefficient (Wildman–Crippen LogP) is 3.48. The second kappa shape index (κ2) is 7.19. The first-order valence-corrected chi connectivity index (χ1v) is 7.22. The van der Waals surface area contributed by atoms with Crippen LogP contribution < -0.4 is 10.1 Å². The fourth-order valence-corrected chi connectivity index (χ4v) is 2.74. The lowest BCUT2D eigenvalue weighted by Crippen LogP contribution is -2.20. The zero-order chi connectivity index (χ0) is 12.6. The van der Waals surface area contributed by atoms with E-state index >= 15 is 0 Å². The number of rotatable bonds is 7. The molecule has 0 aliphatic heterocycles. The van der Waals surface area contributed by atoms with Crippen molar-refractivity contribution in [2.24, 2.45) is 0 Å². The number of hydrogen-bond donors (Lipinski definition) is 1. The fraction of sp³-hybridized carbons (Fsp3) is 0.333. The molecule has 0 fully saturated rings. The van der Waals surface area contributed by atoms with E-state index in [0.29, 0.717) is 6.61 Å². The Hall–Kier alpha value is -1.32. The van der Waals surface area contributed by atoms with Gasteiger partial charge < -0.3 is 10.1 Å². The summed E-state index contributed by atoms with van der Waals surface area (Å²) in [5, 5.41) is 5.58. The van der Waals surface area contributed by atoms with Crippen molar-refractivity contribution in [3.63, 3.8) is 0 Å². The summed E-state index contributed by atoms with van der Waals surface area (Å²) in [4.78, 5) is 1.44. The van der Waals surface area contributed by atoms with Crippen LogP contribution in [0.3, 0.4) is 0 Å². The third-order valence-corrected chi connectivity index (χ3v) is 3.76. The number of para-hydroxylation sites is 1. The van der Waals surface area contributed by atoms with E-state index in [2.05, 4.69) is 23.7 Å². The van der Waals surface area contributed by atoms with Crippen LogP contribution >= 0.6 is 11.3 Å². The highest BCUT2D eigenvalue weighted by Crippen LogP contribution is 2.16. The Morgan fingerprint density at radius 2 is 2.00 bits per heavy atom. The molecule has 0 aliphatic carbocycles. The Morgan fingerprint density at radius 1 is 1.17 bits per heavy atom. The zero-order valence-corrected chi connectivity index (χ0v) is 11.5. The fourth-order valence-electron chi connectivity index (χ4n) is 1.80. The molecule has 18 heavy (non-hydrogen) atoms. The predicted molar refractivity (Wildman–Crippen MR) is 77.3 cm³/mol. The van der Waals surface area contributed by atoms with E-state index < -0.39 is 0 Å². The molecule has 0 atom stereocenters. The second-order valence-corrected chi connectivity index (χ2v) is 5.06. The Bertz CT molecular complexity index is 453. The van der Waals surface area contributed by atoms with Crippen LogP contribution in [-0.2, 0) is 13.0 Å². The molecule has 1 aromatic heterocycles. The average molecular weight is 261 g/mol. The van der Waals surface area contributed by atoms with Gasteiger partial charge in [0.15, 0.2) is 0 Å². The van der Waals surface area contributed by atoms with E-state index in [1.54, 1.807) is 0 Å². The van der Waals surface area contributed by atoms with E-state index in [4.69, 9.17) is 4.74 Å². The van der Waals surface area contributed by atoms with Gasteiger partial charge >= 0.3 is 0 Å². The topological polar surface area (TPSA) is 21.3 Å². The third kappa shape index (κ3) is 3.86. The van der Waals surface area contributed by atoms with Gasteiger partial charge in [-0.1, -0.05) is 25.1 Å². The number of thiophene rings is 1. The van der Waals surface area contributed by atoms with E-state index in [-0.39, 0.29) is 0 Å². The average Bonchev–Trinajstić information content (AvgIpc) is 2.87.